The van der Waals surface area contributed by atoms with Gasteiger partial charge in [-0.2, -0.15) is 0 Å². The van der Waals surface area contributed by atoms with Crippen molar-refractivity contribution in [2.24, 2.45) is 5.41 Å². The highest BCUT2D eigenvalue weighted by atomic mass is 15.3. The van der Waals surface area contributed by atoms with Crippen molar-refractivity contribution in [3.05, 3.63) is 0 Å². The Balaban J connectivity index is 1.83. The van der Waals surface area contributed by atoms with Crippen molar-refractivity contribution in [2.75, 3.05) is 46.8 Å². The van der Waals surface area contributed by atoms with E-state index >= 15 is 0 Å². The highest BCUT2D eigenvalue weighted by molar-refractivity contribution is 5.01. The van der Waals surface area contributed by atoms with Crippen LogP contribution >= 0.6 is 0 Å². The fraction of sp³-hybridized carbons (Fsp3) is 1.00. The third-order valence-electron chi connectivity index (χ3n) is 3.80. The Morgan fingerprint density at radius 1 is 1.36 bits per heavy atom. The smallest absolute Gasteiger partial charge is 0.0192 e. The van der Waals surface area contributed by atoms with Crippen molar-refractivity contribution in [3.63, 3.8) is 0 Å². The van der Waals surface area contributed by atoms with Gasteiger partial charge < -0.3 is 10.2 Å². The third kappa shape index (κ3) is 1.81. The summed E-state index contributed by atoms with van der Waals surface area (Å²) >= 11 is 0. The minimum Gasteiger partial charge on any atom is -0.318 e. The average Bonchev–Trinajstić information content (AvgIpc) is 2.49. The maximum Gasteiger partial charge on any atom is 0.0192 e. The van der Waals surface area contributed by atoms with Crippen molar-refractivity contribution >= 4 is 0 Å². The normalized spacial score (nSPS) is 29.4. The van der Waals surface area contributed by atoms with E-state index in [-0.39, 0.29) is 0 Å². The van der Waals surface area contributed by atoms with Crippen LogP contribution in [0.2, 0.25) is 0 Å². The molecule has 82 valence electrons. The molecule has 3 nitrogen and oxygen atoms in total. The summed E-state index contributed by atoms with van der Waals surface area (Å²) in [6.07, 6.45) is 1.41. The molecule has 2 aliphatic heterocycles. The molecule has 1 atom stereocenters. The molecule has 0 aromatic rings. The number of hydrogen-bond acceptors (Lipinski definition) is 3. The van der Waals surface area contributed by atoms with Gasteiger partial charge in [0.25, 0.3) is 0 Å². The van der Waals surface area contributed by atoms with Crippen LogP contribution < -0.4 is 5.32 Å². The Hall–Kier alpha value is -0.120. The summed E-state index contributed by atoms with van der Waals surface area (Å²) in [5, 5.41) is 3.26. The molecule has 2 aliphatic rings. The van der Waals surface area contributed by atoms with Crippen LogP contribution in [0.4, 0.5) is 0 Å². The van der Waals surface area contributed by atoms with Crippen molar-refractivity contribution < 1.29 is 0 Å². The van der Waals surface area contributed by atoms with Crippen molar-refractivity contribution in [1.82, 2.24) is 15.1 Å². The van der Waals surface area contributed by atoms with E-state index in [4.69, 9.17) is 0 Å². The summed E-state index contributed by atoms with van der Waals surface area (Å²) in [6.45, 7) is 8.70. The van der Waals surface area contributed by atoms with Gasteiger partial charge in [-0.05, 0) is 34.0 Å². The van der Waals surface area contributed by atoms with Gasteiger partial charge in [0.05, 0.1) is 0 Å². The zero-order valence-electron chi connectivity index (χ0n) is 9.71. The van der Waals surface area contributed by atoms with E-state index in [9.17, 15) is 0 Å². The molecule has 14 heavy (non-hydrogen) atoms. The van der Waals surface area contributed by atoms with Crippen LogP contribution in [-0.2, 0) is 0 Å². The predicted octanol–water partition coefficient (Wildman–Crippen LogP) is 0.232. The zero-order valence-corrected chi connectivity index (χ0v) is 9.71. The molecule has 0 amide bonds. The Morgan fingerprint density at radius 3 is 2.64 bits per heavy atom. The number of likely N-dealkylation sites (N-methyl/N-ethyl adjacent to an activating group) is 1. The molecule has 0 bridgehead atoms. The molecule has 2 saturated heterocycles. The van der Waals surface area contributed by atoms with E-state index in [0.29, 0.717) is 11.5 Å². The Morgan fingerprint density at radius 2 is 2.07 bits per heavy atom. The lowest BCUT2D eigenvalue weighted by atomic mass is 9.79. The molecule has 0 aromatic carbocycles. The van der Waals surface area contributed by atoms with Gasteiger partial charge in [0.2, 0.25) is 0 Å². The molecular formula is C11H23N3. The molecule has 0 saturated carbocycles. The number of nitrogens with one attached hydrogen (secondary N) is 1. The van der Waals surface area contributed by atoms with Crippen LogP contribution in [0.25, 0.3) is 0 Å². The van der Waals surface area contributed by atoms with Gasteiger partial charge in [0, 0.05) is 37.6 Å². The summed E-state index contributed by atoms with van der Waals surface area (Å²) in [4.78, 5) is 5.08. The summed E-state index contributed by atoms with van der Waals surface area (Å²) in [7, 11) is 4.27. The second-order valence-electron chi connectivity index (χ2n) is 5.30. The fourth-order valence-corrected chi connectivity index (χ4v) is 3.13. The average molecular weight is 197 g/mol. The van der Waals surface area contributed by atoms with E-state index in [2.05, 4.69) is 29.1 Å². The second-order valence-corrected chi connectivity index (χ2v) is 5.30. The second kappa shape index (κ2) is 3.80. The molecule has 1 unspecified atom stereocenters. The lowest BCUT2D eigenvalue weighted by molar-refractivity contribution is 0.0273. The number of hydrogen-bond donors (Lipinski definition) is 1. The van der Waals surface area contributed by atoms with E-state index in [1.54, 1.807) is 0 Å². The molecule has 0 aliphatic carbocycles. The largest absolute Gasteiger partial charge is 0.318 e. The summed E-state index contributed by atoms with van der Waals surface area (Å²) in [5.74, 6) is 0. The van der Waals surface area contributed by atoms with Crippen molar-refractivity contribution in [2.45, 2.75) is 19.4 Å². The number of nitrogens with zero attached hydrogens (tertiary/aromatic N) is 2. The van der Waals surface area contributed by atoms with Crippen LogP contribution in [0.5, 0.6) is 0 Å². The summed E-state index contributed by atoms with van der Waals surface area (Å²) in [5.41, 5.74) is 0.663. The minimum absolute atomic E-state index is 0.663. The van der Waals surface area contributed by atoms with Gasteiger partial charge in [0.1, 0.15) is 0 Å². The fourth-order valence-electron chi connectivity index (χ4n) is 3.13. The van der Waals surface area contributed by atoms with E-state index in [1.807, 2.05) is 7.05 Å². The molecule has 2 rings (SSSR count). The third-order valence-corrected chi connectivity index (χ3v) is 3.80. The Labute approximate surface area is 87.4 Å². The van der Waals surface area contributed by atoms with Gasteiger partial charge in [-0.1, -0.05) is 0 Å². The molecule has 0 aromatic heterocycles. The molecule has 1 spiro atoms. The monoisotopic (exact) mass is 197 g/mol. The predicted molar refractivity (Wildman–Crippen MR) is 59.5 cm³/mol. The van der Waals surface area contributed by atoms with Gasteiger partial charge in [-0.15, -0.1) is 0 Å². The van der Waals surface area contributed by atoms with Crippen molar-refractivity contribution in [3.8, 4) is 0 Å². The first-order valence-electron chi connectivity index (χ1n) is 5.72. The maximum atomic E-state index is 3.26. The lowest BCUT2D eigenvalue weighted by Gasteiger charge is -2.46. The number of rotatable bonds is 3. The highest BCUT2D eigenvalue weighted by Gasteiger charge is 2.46. The lowest BCUT2D eigenvalue weighted by Crippen LogP contribution is -2.56. The van der Waals surface area contributed by atoms with Crippen LogP contribution in [0.3, 0.4) is 0 Å². The van der Waals surface area contributed by atoms with Crippen LogP contribution in [0.1, 0.15) is 13.3 Å². The molecule has 0 radical (unpaired) electrons. The minimum atomic E-state index is 0.663. The van der Waals surface area contributed by atoms with Gasteiger partial charge >= 0.3 is 0 Å². The van der Waals surface area contributed by atoms with Gasteiger partial charge in [0.15, 0.2) is 0 Å². The standard InChI is InChI=1S/C11H23N3/c1-10(6-12-2)14-5-4-11(9-14)7-13(3)8-11/h10,12H,4-9H2,1-3H3. The Bertz CT molecular complexity index is 199. The first-order chi connectivity index (χ1) is 6.65. The van der Waals surface area contributed by atoms with Crippen molar-refractivity contribution in [1.29, 1.82) is 0 Å². The van der Waals surface area contributed by atoms with E-state index < -0.39 is 0 Å². The molecule has 2 heterocycles. The SMILES string of the molecule is CNCC(C)N1CCC2(CN(C)C2)C1. The first-order valence-corrected chi connectivity index (χ1v) is 5.72. The van der Waals surface area contributed by atoms with Crippen LogP contribution in [0.15, 0.2) is 0 Å². The molecule has 3 heteroatoms. The first kappa shape index (κ1) is 10.4. The van der Waals surface area contributed by atoms with Gasteiger partial charge in [-0.25, -0.2) is 0 Å². The molecular weight excluding hydrogens is 174 g/mol. The van der Waals surface area contributed by atoms with Crippen LogP contribution in [0, 0.1) is 5.41 Å². The molecule has 1 N–H and O–H groups in total. The highest BCUT2D eigenvalue weighted by Crippen LogP contribution is 2.39. The van der Waals surface area contributed by atoms with Crippen LogP contribution in [-0.4, -0.2) is 62.7 Å². The van der Waals surface area contributed by atoms with E-state index in [0.717, 1.165) is 6.54 Å². The quantitative estimate of drug-likeness (QED) is 0.699. The topological polar surface area (TPSA) is 18.5 Å². The zero-order chi connectivity index (χ0) is 10.2. The maximum absolute atomic E-state index is 3.26. The van der Waals surface area contributed by atoms with E-state index in [1.165, 1.54) is 32.6 Å². The molecule has 2 fully saturated rings. The summed E-state index contributed by atoms with van der Waals surface area (Å²) in [6, 6.07) is 0.699. The number of likely N-dealkylation sites (tertiary alicyclic amines) is 2. The van der Waals surface area contributed by atoms with Gasteiger partial charge in [-0.3, -0.25) is 4.90 Å². The summed E-state index contributed by atoms with van der Waals surface area (Å²) < 4.78 is 0. The Kier molecular flexibility index (Phi) is 2.82.